The van der Waals surface area contributed by atoms with Crippen LogP contribution in [-0.4, -0.2) is 35.5 Å². The Kier molecular flexibility index (Phi) is 6.58. The van der Waals surface area contributed by atoms with E-state index < -0.39 is 17.1 Å². The fourth-order valence-corrected chi connectivity index (χ4v) is 3.50. The average Bonchev–Trinajstić information content (AvgIpc) is 2.61. The van der Waals surface area contributed by atoms with Gasteiger partial charge < -0.3 is 10.0 Å². The number of thioether (sulfide) groups is 1. The number of carbonyl (C=O) groups is 2. The van der Waals surface area contributed by atoms with E-state index in [0.29, 0.717) is 4.90 Å². The van der Waals surface area contributed by atoms with Gasteiger partial charge in [-0.2, -0.15) is 0 Å². The van der Waals surface area contributed by atoms with Crippen LogP contribution in [0.1, 0.15) is 17.7 Å². The Bertz CT molecular complexity index is 738. The van der Waals surface area contributed by atoms with Crippen LogP contribution in [0.25, 0.3) is 0 Å². The number of aliphatic carboxylic acids is 1. The third-order valence-corrected chi connectivity index (χ3v) is 5.05. The minimum absolute atomic E-state index is 0.0926. The van der Waals surface area contributed by atoms with Gasteiger partial charge in [0.15, 0.2) is 0 Å². The second-order valence-corrected chi connectivity index (χ2v) is 6.94. The minimum atomic E-state index is -0.960. The van der Waals surface area contributed by atoms with Crippen molar-refractivity contribution in [3.8, 4) is 0 Å². The molecule has 0 radical (unpaired) electrons. The molecule has 0 bridgehead atoms. The Hall–Kier alpha value is -2.34. The van der Waals surface area contributed by atoms with Crippen LogP contribution >= 0.6 is 11.8 Å². The van der Waals surface area contributed by atoms with Crippen molar-refractivity contribution in [1.29, 1.82) is 0 Å². The van der Waals surface area contributed by atoms with E-state index in [1.807, 2.05) is 30.3 Å². The van der Waals surface area contributed by atoms with Gasteiger partial charge in [-0.3, -0.25) is 9.59 Å². The number of halogens is 1. The summed E-state index contributed by atoms with van der Waals surface area (Å²) >= 11 is 1.13. The summed E-state index contributed by atoms with van der Waals surface area (Å²) in [6.07, 6.45) is 0. The number of carboxylic acids is 1. The SMILES string of the molecule is CC(CN(C)C(=O)C(Sc1ccccc1F)c1ccccc1)C(=O)O. The number of hydrogen-bond donors (Lipinski definition) is 1. The molecule has 2 rings (SSSR count). The van der Waals surface area contributed by atoms with Crippen molar-refractivity contribution in [3.63, 3.8) is 0 Å². The summed E-state index contributed by atoms with van der Waals surface area (Å²) in [5.74, 6) is -2.28. The van der Waals surface area contributed by atoms with Crippen LogP contribution < -0.4 is 0 Å². The van der Waals surface area contributed by atoms with E-state index in [0.717, 1.165) is 17.3 Å². The zero-order chi connectivity index (χ0) is 18.4. The van der Waals surface area contributed by atoms with Gasteiger partial charge in [0.05, 0.1) is 5.92 Å². The number of rotatable bonds is 7. The van der Waals surface area contributed by atoms with E-state index in [9.17, 15) is 14.0 Å². The molecule has 0 saturated carbocycles. The lowest BCUT2D eigenvalue weighted by Gasteiger charge is -2.25. The topological polar surface area (TPSA) is 57.6 Å². The quantitative estimate of drug-likeness (QED) is 0.762. The summed E-state index contributed by atoms with van der Waals surface area (Å²) in [4.78, 5) is 25.7. The lowest BCUT2D eigenvalue weighted by atomic mass is 10.1. The summed E-state index contributed by atoms with van der Waals surface area (Å²) in [7, 11) is 1.57. The van der Waals surface area contributed by atoms with Crippen LogP contribution in [0, 0.1) is 11.7 Å². The Balaban J connectivity index is 2.27. The summed E-state index contributed by atoms with van der Waals surface area (Å²) in [6, 6.07) is 15.4. The Labute approximate surface area is 150 Å². The van der Waals surface area contributed by atoms with Crippen LogP contribution in [0.15, 0.2) is 59.5 Å². The highest BCUT2D eigenvalue weighted by atomic mass is 32.2. The van der Waals surface area contributed by atoms with E-state index in [1.54, 1.807) is 32.2 Å². The average molecular weight is 361 g/mol. The predicted molar refractivity (Wildman–Crippen MR) is 95.9 cm³/mol. The number of amides is 1. The van der Waals surface area contributed by atoms with Crippen molar-refractivity contribution in [2.24, 2.45) is 5.92 Å². The fraction of sp³-hybridized carbons (Fsp3) is 0.263. The smallest absolute Gasteiger partial charge is 0.308 e. The van der Waals surface area contributed by atoms with Crippen molar-refractivity contribution < 1.29 is 19.1 Å². The molecule has 0 aromatic heterocycles. The molecule has 0 aliphatic rings. The summed E-state index contributed by atoms with van der Waals surface area (Å²) in [5.41, 5.74) is 0.746. The summed E-state index contributed by atoms with van der Waals surface area (Å²) < 4.78 is 14.0. The van der Waals surface area contributed by atoms with Gasteiger partial charge in [0.25, 0.3) is 0 Å². The van der Waals surface area contributed by atoms with Crippen LogP contribution in [0.2, 0.25) is 0 Å². The second-order valence-electron chi connectivity index (χ2n) is 5.80. The molecule has 25 heavy (non-hydrogen) atoms. The molecular weight excluding hydrogens is 341 g/mol. The Morgan fingerprint density at radius 2 is 1.72 bits per heavy atom. The number of likely N-dealkylation sites (N-methyl/N-ethyl adjacent to an activating group) is 1. The first-order valence-electron chi connectivity index (χ1n) is 7.84. The summed E-state index contributed by atoms with van der Waals surface area (Å²) in [6.45, 7) is 1.64. The zero-order valence-electron chi connectivity index (χ0n) is 14.1. The Morgan fingerprint density at radius 3 is 2.32 bits per heavy atom. The molecule has 2 aromatic rings. The molecule has 0 aliphatic carbocycles. The van der Waals surface area contributed by atoms with E-state index >= 15 is 0 Å². The maximum atomic E-state index is 14.0. The van der Waals surface area contributed by atoms with Gasteiger partial charge in [-0.1, -0.05) is 49.4 Å². The van der Waals surface area contributed by atoms with E-state index in [-0.39, 0.29) is 18.3 Å². The lowest BCUT2D eigenvalue weighted by molar-refractivity contribution is -0.142. The molecule has 2 unspecified atom stereocenters. The second kappa shape index (κ2) is 8.67. The maximum absolute atomic E-state index is 14.0. The third-order valence-electron chi connectivity index (χ3n) is 3.75. The molecule has 6 heteroatoms. The van der Waals surface area contributed by atoms with Crippen molar-refractivity contribution in [2.75, 3.05) is 13.6 Å². The van der Waals surface area contributed by atoms with Crippen molar-refractivity contribution in [3.05, 3.63) is 66.0 Å². The van der Waals surface area contributed by atoms with E-state index in [2.05, 4.69) is 0 Å². The number of carbonyl (C=O) groups excluding carboxylic acids is 1. The first-order chi connectivity index (χ1) is 11.9. The number of hydrogen-bond acceptors (Lipinski definition) is 3. The highest BCUT2D eigenvalue weighted by Crippen LogP contribution is 2.37. The molecule has 0 fully saturated rings. The van der Waals surface area contributed by atoms with Gasteiger partial charge in [-0.05, 0) is 17.7 Å². The number of carboxylic acid groups (broad SMARTS) is 1. The van der Waals surface area contributed by atoms with Gasteiger partial charge in [-0.15, -0.1) is 11.8 Å². The van der Waals surface area contributed by atoms with Gasteiger partial charge in [0, 0.05) is 18.5 Å². The first kappa shape index (κ1) is 19.0. The van der Waals surface area contributed by atoms with Gasteiger partial charge >= 0.3 is 5.97 Å². The van der Waals surface area contributed by atoms with Crippen LogP contribution in [0.4, 0.5) is 4.39 Å². The first-order valence-corrected chi connectivity index (χ1v) is 8.72. The number of benzene rings is 2. The molecule has 4 nitrogen and oxygen atoms in total. The molecule has 1 N–H and O–H groups in total. The van der Waals surface area contributed by atoms with Gasteiger partial charge in [0.1, 0.15) is 11.1 Å². The molecule has 0 aliphatic heterocycles. The molecule has 2 atom stereocenters. The van der Waals surface area contributed by atoms with Crippen molar-refractivity contribution in [1.82, 2.24) is 4.90 Å². The minimum Gasteiger partial charge on any atom is -0.481 e. The molecule has 0 heterocycles. The monoisotopic (exact) mass is 361 g/mol. The molecule has 2 aromatic carbocycles. The van der Waals surface area contributed by atoms with Crippen molar-refractivity contribution in [2.45, 2.75) is 17.1 Å². The van der Waals surface area contributed by atoms with Crippen LogP contribution in [-0.2, 0) is 9.59 Å². The van der Waals surface area contributed by atoms with Gasteiger partial charge in [-0.25, -0.2) is 4.39 Å². The highest BCUT2D eigenvalue weighted by molar-refractivity contribution is 8.00. The molecule has 0 saturated heterocycles. The number of nitrogens with zero attached hydrogens (tertiary/aromatic N) is 1. The molecular formula is C19H20FNO3S. The largest absolute Gasteiger partial charge is 0.481 e. The van der Waals surface area contributed by atoms with Crippen molar-refractivity contribution >= 4 is 23.6 Å². The Morgan fingerprint density at radius 1 is 1.12 bits per heavy atom. The molecule has 1 amide bonds. The maximum Gasteiger partial charge on any atom is 0.308 e. The lowest BCUT2D eigenvalue weighted by Crippen LogP contribution is -2.36. The van der Waals surface area contributed by atoms with Crippen LogP contribution in [0.5, 0.6) is 0 Å². The highest BCUT2D eigenvalue weighted by Gasteiger charge is 2.27. The third kappa shape index (κ3) is 5.06. The predicted octanol–water partition coefficient (Wildman–Crippen LogP) is 3.84. The van der Waals surface area contributed by atoms with Crippen LogP contribution in [0.3, 0.4) is 0 Å². The molecule has 132 valence electrons. The normalized spacial score (nSPS) is 13.1. The molecule has 0 spiro atoms. The van der Waals surface area contributed by atoms with E-state index in [1.165, 1.54) is 11.0 Å². The standard InChI is InChI=1S/C19H20FNO3S/c1-13(19(23)24)12-21(2)18(22)17(14-8-4-3-5-9-14)25-16-11-7-6-10-15(16)20/h3-11,13,17H,12H2,1-2H3,(H,23,24). The fourth-order valence-electron chi connectivity index (χ4n) is 2.34. The van der Waals surface area contributed by atoms with E-state index in [4.69, 9.17) is 5.11 Å². The zero-order valence-corrected chi connectivity index (χ0v) is 14.9. The van der Waals surface area contributed by atoms with Gasteiger partial charge in [0.2, 0.25) is 5.91 Å². The summed E-state index contributed by atoms with van der Waals surface area (Å²) in [5, 5.41) is 8.40.